The van der Waals surface area contributed by atoms with E-state index in [1.165, 1.54) is 44.1 Å². The molecule has 1 heteroatoms. The minimum absolute atomic E-state index is 0.0931. The highest BCUT2D eigenvalue weighted by Gasteiger charge is 2.20. The standard InChI is InChI=1S/C15H24O/c1-12-6-2-3-7-13(12)10-11-14-8-4-5-9-15(14)16/h7,10-12,14-16H,2-6,8-9H2,1H3/b11-10-. The number of aliphatic hydroxyl groups excluding tert-OH is 1. The molecule has 0 radical (unpaired) electrons. The van der Waals surface area contributed by atoms with E-state index < -0.39 is 0 Å². The molecule has 0 saturated heterocycles. The summed E-state index contributed by atoms with van der Waals surface area (Å²) in [4.78, 5) is 0. The molecule has 2 rings (SSSR count). The summed E-state index contributed by atoms with van der Waals surface area (Å²) in [5.74, 6) is 1.12. The van der Waals surface area contributed by atoms with Gasteiger partial charge < -0.3 is 5.11 Å². The molecule has 0 spiro atoms. The first-order valence-electron chi connectivity index (χ1n) is 6.83. The number of hydrogen-bond donors (Lipinski definition) is 1. The smallest absolute Gasteiger partial charge is 0.0602 e. The lowest BCUT2D eigenvalue weighted by atomic mass is 9.84. The summed E-state index contributed by atoms with van der Waals surface area (Å²) in [6, 6.07) is 0. The number of allylic oxidation sites excluding steroid dienone is 3. The van der Waals surface area contributed by atoms with Gasteiger partial charge in [0.15, 0.2) is 0 Å². The second-order valence-corrected chi connectivity index (χ2v) is 5.41. The van der Waals surface area contributed by atoms with Gasteiger partial charge >= 0.3 is 0 Å². The molecule has 0 aromatic carbocycles. The van der Waals surface area contributed by atoms with Gasteiger partial charge in [-0.05, 0) is 43.6 Å². The van der Waals surface area contributed by atoms with Crippen LogP contribution >= 0.6 is 0 Å². The summed E-state index contributed by atoms with van der Waals surface area (Å²) in [5.41, 5.74) is 1.49. The first-order valence-corrected chi connectivity index (χ1v) is 6.83. The molecule has 0 heterocycles. The lowest BCUT2D eigenvalue weighted by molar-refractivity contribution is 0.0927. The van der Waals surface area contributed by atoms with Crippen LogP contribution in [0.4, 0.5) is 0 Å². The topological polar surface area (TPSA) is 20.2 Å². The molecule has 1 fully saturated rings. The zero-order valence-electron chi connectivity index (χ0n) is 10.4. The van der Waals surface area contributed by atoms with Crippen molar-refractivity contribution in [3.63, 3.8) is 0 Å². The third-order valence-electron chi connectivity index (χ3n) is 4.11. The van der Waals surface area contributed by atoms with E-state index in [4.69, 9.17) is 0 Å². The number of rotatable bonds is 2. The third kappa shape index (κ3) is 2.98. The lowest BCUT2D eigenvalue weighted by Crippen LogP contribution is -2.22. The molecule has 2 aliphatic rings. The predicted molar refractivity (Wildman–Crippen MR) is 68.2 cm³/mol. The van der Waals surface area contributed by atoms with Crippen LogP contribution in [-0.4, -0.2) is 11.2 Å². The first kappa shape index (κ1) is 11.9. The van der Waals surface area contributed by atoms with Gasteiger partial charge in [-0.25, -0.2) is 0 Å². The Morgan fingerprint density at radius 2 is 2.00 bits per heavy atom. The fourth-order valence-electron chi connectivity index (χ4n) is 2.89. The Labute approximate surface area is 99.3 Å². The molecule has 0 amide bonds. The van der Waals surface area contributed by atoms with Crippen LogP contribution in [-0.2, 0) is 0 Å². The first-order chi connectivity index (χ1) is 7.77. The minimum atomic E-state index is -0.0931. The fraction of sp³-hybridized carbons (Fsp3) is 0.733. The van der Waals surface area contributed by atoms with Gasteiger partial charge in [-0.15, -0.1) is 0 Å². The van der Waals surface area contributed by atoms with E-state index >= 15 is 0 Å². The largest absolute Gasteiger partial charge is 0.393 e. The minimum Gasteiger partial charge on any atom is -0.393 e. The number of hydrogen-bond acceptors (Lipinski definition) is 1. The molecule has 1 nitrogen and oxygen atoms in total. The van der Waals surface area contributed by atoms with Crippen molar-refractivity contribution in [1.82, 2.24) is 0 Å². The van der Waals surface area contributed by atoms with E-state index in [1.54, 1.807) is 0 Å². The van der Waals surface area contributed by atoms with Crippen LogP contribution in [0.2, 0.25) is 0 Å². The van der Waals surface area contributed by atoms with Crippen molar-refractivity contribution in [3.05, 3.63) is 23.8 Å². The van der Waals surface area contributed by atoms with Crippen LogP contribution in [0.1, 0.15) is 51.9 Å². The molecule has 3 atom stereocenters. The van der Waals surface area contributed by atoms with Crippen molar-refractivity contribution >= 4 is 0 Å². The van der Waals surface area contributed by atoms with Gasteiger partial charge in [-0.1, -0.05) is 38.0 Å². The molecule has 0 aliphatic heterocycles. The quantitative estimate of drug-likeness (QED) is 0.749. The van der Waals surface area contributed by atoms with Crippen molar-refractivity contribution < 1.29 is 5.11 Å². The van der Waals surface area contributed by atoms with Gasteiger partial charge in [0, 0.05) is 5.92 Å². The third-order valence-corrected chi connectivity index (χ3v) is 4.11. The van der Waals surface area contributed by atoms with E-state index in [-0.39, 0.29) is 6.10 Å². The summed E-state index contributed by atoms with van der Waals surface area (Å²) in [6.45, 7) is 2.31. The van der Waals surface area contributed by atoms with E-state index in [1.807, 2.05) is 0 Å². The van der Waals surface area contributed by atoms with Gasteiger partial charge in [0.05, 0.1) is 6.10 Å². The molecular formula is C15H24O. The van der Waals surface area contributed by atoms with Crippen LogP contribution in [0.5, 0.6) is 0 Å². The molecule has 90 valence electrons. The molecule has 0 aromatic heterocycles. The maximum atomic E-state index is 9.89. The predicted octanol–water partition coefficient (Wildman–Crippen LogP) is 3.84. The molecule has 0 aromatic rings. The second kappa shape index (κ2) is 5.67. The Morgan fingerprint density at radius 3 is 2.75 bits per heavy atom. The van der Waals surface area contributed by atoms with Crippen molar-refractivity contribution in [1.29, 1.82) is 0 Å². The molecule has 16 heavy (non-hydrogen) atoms. The van der Waals surface area contributed by atoms with Crippen LogP contribution < -0.4 is 0 Å². The molecular weight excluding hydrogens is 196 g/mol. The maximum Gasteiger partial charge on any atom is 0.0602 e. The average Bonchev–Trinajstić information content (AvgIpc) is 2.30. The van der Waals surface area contributed by atoms with E-state index in [0.29, 0.717) is 11.8 Å². The Kier molecular flexibility index (Phi) is 4.22. The maximum absolute atomic E-state index is 9.89. The van der Waals surface area contributed by atoms with E-state index in [0.717, 1.165) is 6.42 Å². The lowest BCUT2D eigenvalue weighted by Gasteiger charge is -2.25. The summed E-state index contributed by atoms with van der Waals surface area (Å²) >= 11 is 0. The Hall–Kier alpha value is -0.560. The van der Waals surface area contributed by atoms with E-state index in [2.05, 4.69) is 25.2 Å². The van der Waals surface area contributed by atoms with Crippen molar-refractivity contribution in [2.24, 2.45) is 11.8 Å². The number of aliphatic hydroxyl groups is 1. The molecule has 0 bridgehead atoms. The molecule has 3 unspecified atom stereocenters. The fourth-order valence-corrected chi connectivity index (χ4v) is 2.89. The molecule has 2 aliphatic carbocycles. The second-order valence-electron chi connectivity index (χ2n) is 5.41. The average molecular weight is 220 g/mol. The Morgan fingerprint density at radius 1 is 1.19 bits per heavy atom. The normalized spacial score (nSPS) is 36.4. The van der Waals surface area contributed by atoms with Crippen molar-refractivity contribution in [2.75, 3.05) is 0 Å². The Balaban J connectivity index is 1.94. The van der Waals surface area contributed by atoms with Crippen LogP contribution in [0.15, 0.2) is 23.8 Å². The van der Waals surface area contributed by atoms with E-state index in [9.17, 15) is 5.11 Å². The van der Waals surface area contributed by atoms with Crippen LogP contribution in [0.25, 0.3) is 0 Å². The van der Waals surface area contributed by atoms with Gasteiger partial charge in [0.1, 0.15) is 0 Å². The van der Waals surface area contributed by atoms with Crippen molar-refractivity contribution in [3.8, 4) is 0 Å². The zero-order chi connectivity index (χ0) is 11.4. The van der Waals surface area contributed by atoms with Gasteiger partial charge in [0.25, 0.3) is 0 Å². The van der Waals surface area contributed by atoms with Crippen LogP contribution in [0, 0.1) is 11.8 Å². The molecule has 1 N–H and O–H groups in total. The van der Waals surface area contributed by atoms with Crippen LogP contribution in [0.3, 0.4) is 0 Å². The Bertz CT molecular complexity index is 277. The van der Waals surface area contributed by atoms with Gasteiger partial charge in [-0.3, -0.25) is 0 Å². The van der Waals surface area contributed by atoms with Crippen molar-refractivity contribution in [2.45, 2.75) is 58.0 Å². The summed E-state index contributed by atoms with van der Waals surface area (Å²) < 4.78 is 0. The zero-order valence-corrected chi connectivity index (χ0v) is 10.4. The molecule has 1 saturated carbocycles. The highest BCUT2D eigenvalue weighted by Crippen LogP contribution is 2.29. The highest BCUT2D eigenvalue weighted by atomic mass is 16.3. The highest BCUT2D eigenvalue weighted by molar-refractivity contribution is 5.23. The summed E-state index contributed by atoms with van der Waals surface area (Å²) in [5, 5.41) is 9.89. The monoisotopic (exact) mass is 220 g/mol. The van der Waals surface area contributed by atoms with Gasteiger partial charge in [-0.2, -0.15) is 0 Å². The SMILES string of the molecule is CC1CCCC=C1/C=C\C1CCCCC1O. The van der Waals surface area contributed by atoms with Gasteiger partial charge in [0.2, 0.25) is 0 Å². The summed E-state index contributed by atoms with van der Waals surface area (Å²) in [6.07, 6.45) is 15.4. The summed E-state index contributed by atoms with van der Waals surface area (Å²) in [7, 11) is 0.